The van der Waals surface area contributed by atoms with Crippen molar-refractivity contribution in [2.75, 3.05) is 32.8 Å². The number of likely N-dealkylation sites (tertiary alicyclic amines) is 1. The van der Waals surface area contributed by atoms with Gasteiger partial charge >= 0.3 is 0 Å². The first-order valence-corrected chi connectivity index (χ1v) is 9.15. The second-order valence-corrected chi connectivity index (χ2v) is 7.26. The molecule has 0 bridgehead atoms. The molecule has 2 aliphatic rings. The predicted molar refractivity (Wildman–Crippen MR) is 92.6 cm³/mol. The van der Waals surface area contributed by atoms with Crippen molar-refractivity contribution in [2.24, 2.45) is 7.05 Å². The van der Waals surface area contributed by atoms with E-state index in [2.05, 4.69) is 29.2 Å². The molecule has 0 radical (unpaired) electrons. The van der Waals surface area contributed by atoms with E-state index in [0.717, 1.165) is 44.8 Å². The molecule has 130 valence electrons. The van der Waals surface area contributed by atoms with Gasteiger partial charge in [-0.15, -0.1) is 0 Å². The molecule has 1 N–H and O–H groups in total. The fourth-order valence-electron chi connectivity index (χ4n) is 4.22. The van der Waals surface area contributed by atoms with Crippen LogP contribution in [0.3, 0.4) is 0 Å². The predicted octanol–water partition coefficient (Wildman–Crippen LogP) is 2.16. The summed E-state index contributed by atoms with van der Waals surface area (Å²) in [6.07, 6.45) is 6.41. The van der Waals surface area contributed by atoms with Gasteiger partial charge in [-0.2, -0.15) is 5.10 Å². The van der Waals surface area contributed by atoms with Crippen LogP contribution in [0.2, 0.25) is 0 Å². The van der Waals surface area contributed by atoms with Gasteiger partial charge in [0.05, 0.1) is 5.69 Å². The van der Waals surface area contributed by atoms with Crippen molar-refractivity contribution in [1.29, 1.82) is 0 Å². The molecular weight excluding hydrogens is 288 g/mol. The second-order valence-electron chi connectivity index (χ2n) is 7.26. The average molecular weight is 320 g/mol. The summed E-state index contributed by atoms with van der Waals surface area (Å²) in [6.45, 7) is 10.6. The third-order valence-electron chi connectivity index (χ3n) is 5.87. The lowest BCUT2D eigenvalue weighted by atomic mass is 9.86. The maximum absolute atomic E-state index is 5.65. The molecule has 3 rings (SSSR count). The van der Waals surface area contributed by atoms with Gasteiger partial charge < -0.3 is 10.1 Å². The number of hydrogen-bond acceptors (Lipinski definition) is 4. The van der Waals surface area contributed by atoms with E-state index in [1.54, 1.807) is 0 Å². The van der Waals surface area contributed by atoms with Crippen molar-refractivity contribution in [3.63, 3.8) is 0 Å². The summed E-state index contributed by atoms with van der Waals surface area (Å²) in [7, 11) is 2.03. The number of hydrogen-bond donors (Lipinski definition) is 1. The normalized spacial score (nSPS) is 22.4. The summed E-state index contributed by atoms with van der Waals surface area (Å²) in [5.74, 6) is 0. The first kappa shape index (κ1) is 16.9. The van der Waals surface area contributed by atoms with Crippen LogP contribution in [0, 0.1) is 13.8 Å². The number of nitrogens with one attached hydrogen (secondary N) is 1. The zero-order valence-corrected chi connectivity index (χ0v) is 15.0. The van der Waals surface area contributed by atoms with Crippen molar-refractivity contribution in [3.05, 3.63) is 17.0 Å². The molecule has 0 amide bonds. The van der Waals surface area contributed by atoms with Crippen molar-refractivity contribution in [2.45, 2.75) is 58.0 Å². The van der Waals surface area contributed by atoms with E-state index >= 15 is 0 Å². The molecule has 1 aromatic rings. The lowest BCUT2D eigenvalue weighted by molar-refractivity contribution is -0.0358. The summed E-state index contributed by atoms with van der Waals surface area (Å²) in [4.78, 5) is 2.75. The van der Waals surface area contributed by atoms with Gasteiger partial charge in [-0.1, -0.05) is 6.42 Å². The van der Waals surface area contributed by atoms with E-state index in [1.807, 2.05) is 11.7 Å². The molecule has 2 saturated heterocycles. The Labute approximate surface area is 140 Å². The third kappa shape index (κ3) is 3.62. The zero-order valence-electron chi connectivity index (χ0n) is 15.0. The Balaban J connectivity index is 1.64. The SMILES string of the molecule is Cc1nn(C)c(C)c1CNCC1(N2CCCCC2)CCOCC1. The molecule has 1 aromatic heterocycles. The van der Waals surface area contributed by atoms with E-state index < -0.39 is 0 Å². The monoisotopic (exact) mass is 320 g/mol. The van der Waals surface area contributed by atoms with Crippen LogP contribution in [0.5, 0.6) is 0 Å². The Morgan fingerprint density at radius 1 is 1.13 bits per heavy atom. The van der Waals surface area contributed by atoms with Gasteiger partial charge in [0.25, 0.3) is 0 Å². The highest BCUT2D eigenvalue weighted by Gasteiger charge is 2.38. The van der Waals surface area contributed by atoms with Crippen molar-refractivity contribution in [3.8, 4) is 0 Å². The zero-order chi connectivity index (χ0) is 16.3. The van der Waals surface area contributed by atoms with Crippen molar-refractivity contribution >= 4 is 0 Å². The molecule has 0 aliphatic carbocycles. The van der Waals surface area contributed by atoms with Crippen LogP contribution in [0.15, 0.2) is 0 Å². The Morgan fingerprint density at radius 2 is 1.83 bits per heavy atom. The summed E-state index contributed by atoms with van der Waals surface area (Å²) >= 11 is 0. The van der Waals surface area contributed by atoms with Crippen LogP contribution < -0.4 is 5.32 Å². The standard InChI is InChI=1S/C18H32N4O/c1-15-17(16(2)21(3)20-15)13-19-14-18(7-11-23-12-8-18)22-9-5-4-6-10-22/h19H,4-14H2,1-3H3. The largest absolute Gasteiger partial charge is 0.381 e. The Hall–Kier alpha value is -0.910. The number of rotatable bonds is 5. The molecule has 0 aromatic carbocycles. The van der Waals surface area contributed by atoms with E-state index in [1.165, 1.54) is 43.6 Å². The van der Waals surface area contributed by atoms with Crippen LogP contribution in [-0.2, 0) is 18.3 Å². The van der Waals surface area contributed by atoms with Crippen LogP contribution in [0.25, 0.3) is 0 Å². The van der Waals surface area contributed by atoms with Gasteiger partial charge in [0, 0.05) is 50.1 Å². The Bertz CT molecular complexity index is 513. The van der Waals surface area contributed by atoms with Crippen molar-refractivity contribution in [1.82, 2.24) is 20.0 Å². The van der Waals surface area contributed by atoms with E-state index in [4.69, 9.17) is 4.74 Å². The summed E-state index contributed by atoms with van der Waals surface area (Å²) < 4.78 is 7.64. The van der Waals surface area contributed by atoms with Crippen LogP contribution in [0.1, 0.15) is 49.1 Å². The van der Waals surface area contributed by atoms with Gasteiger partial charge in [-0.3, -0.25) is 9.58 Å². The van der Waals surface area contributed by atoms with E-state index in [0.29, 0.717) is 5.54 Å². The molecule has 5 nitrogen and oxygen atoms in total. The lowest BCUT2D eigenvalue weighted by Gasteiger charge is -2.48. The van der Waals surface area contributed by atoms with Gasteiger partial charge in [-0.05, 0) is 52.6 Å². The highest BCUT2D eigenvalue weighted by atomic mass is 16.5. The minimum absolute atomic E-state index is 0.294. The first-order chi connectivity index (χ1) is 11.1. The van der Waals surface area contributed by atoms with E-state index in [9.17, 15) is 0 Å². The number of aromatic nitrogens is 2. The minimum atomic E-state index is 0.294. The van der Waals surface area contributed by atoms with Gasteiger partial charge in [0.15, 0.2) is 0 Å². The Morgan fingerprint density at radius 3 is 2.43 bits per heavy atom. The van der Waals surface area contributed by atoms with Crippen LogP contribution in [0.4, 0.5) is 0 Å². The fraction of sp³-hybridized carbons (Fsp3) is 0.833. The van der Waals surface area contributed by atoms with Gasteiger partial charge in [0.1, 0.15) is 0 Å². The van der Waals surface area contributed by atoms with Crippen molar-refractivity contribution < 1.29 is 4.74 Å². The molecular formula is C18H32N4O. The molecule has 0 spiro atoms. The Kier molecular flexibility index (Phi) is 5.39. The molecule has 0 unspecified atom stereocenters. The first-order valence-electron chi connectivity index (χ1n) is 9.15. The number of aryl methyl sites for hydroxylation is 2. The number of ether oxygens (including phenoxy) is 1. The summed E-state index contributed by atoms with van der Waals surface area (Å²) in [6, 6.07) is 0. The quantitative estimate of drug-likeness (QED) is 0.903. The second kappa shape index (κ2) is 7.32. The van der Waals surface area contributed by atoms with Crippen LogP contribution >= 0.6 is 0 Å². The molecule has 5 heteroatoms. The number of piperidine rings is 1. The summed E-state index contributed by atoms with van der Waals surface area (Å²) in [5.41, 5.74) is 4.07. The lowest BCUT2D eigenvalue weighted by Crippen LogP contribution is -2.59. The summed E-state index contributed by atoms with van der Waals surface area (Å²) in [5, 5.41) is 8.28. The van der Waals surface area contributed by atoms with E-state index in [-0.39, 0.29) is 0 Å². The maximum Gasteiger partial charge on any atom is 0.0641 e. The van der Waals surface area contributed by atoms with Gasteiger partial charge in [0.2, 0.25) is 0 Å². The average Bonchev–Trinajstić information content (AvgIpc) is 2.83. The third-order valence-corrected chi connectivity index (χ3v) is 5.87. The van der Waals surface area contributed by atoms with Gasteiger partial charge in [-0.25, -0.2) is 0 Å². The molecule has 0 saturated carbocycles. The smallest absolute Gasteiger partial charge is 0.0641 e. The topological polar surface area (TPSA) is 42.3 Å². The highest BCUT2D eigenvalue weighted by Crippen LogP contribution is 2.30. The molecule has 3 heterocycles. The van der Waals surface area contributed by atoms with Crippen LogP contribution in [-0.4, -0.2) is 53.1 Å². The minimum Gasteiger partial charge on any atom is -0.381 e. The molecule has 2 fully saturated rings. The highest BCUT2D eigenvalue weighted by molar-refractivity contribution is 5.24. The molecule has 2 aliphatic heterocycles. The maximum atomic E-state index is 5.65. The fourth-order valence-corrected chi connectivity index (χ4v) is 4.22. The molecule has 0 atom stereocenters. The number of nitrogens with zero attached hydrogens (tertiary/aromatic N) is 3. The molecule has 23 heavy (non-hydrogen) atoms.